The summed E-state index contributed by atoms with van der Waals surface area (Å²) in [6.07, 6.45) is 0.697. The summed E-state index contributed by atoms with van der Waals surface area (Å²) in [7, 11) is 0. The molecule has 140 valence electrons. The van der Waals surface area contributed by atoms with Gasteiger partial charge in [-0.3, -0.25) is 4.79 Å². The van der Waals surface area contributed by atoms with Crippen LogP contribution in [0.25, 0.3) is 16.8 Å². The molecule has 0 unspecified atom stereocenters. The number of benzene rings is 2. The number of nitrogen functional groups attached to an aromatic ring is 1. The molecule has 1 heterocycles. The molecule has 0 fully saturated rings. The fraction of sp³-hybridized carbons (Fsp3) is 0.238. The lowest BCUT2D eigenvalue weighted by atomic mass is 9.99. The number of nitrogens with two attached hydrogens (primary N) is 1. The maximum atomic E-state index is 13.3. The largest absolute Gasteiger partial charge is 0.407 e. The number of rotatable bonds is 5. The number of halogens is 1. The number of aromatic nitrogens is 2. The molecule has 0 amide bonds. The van der Waals surface area contributed by atoms with Crippen LogP contribution in [0.1, 0.15) is 26.5 Å². The molecular formula is C21H22FN3O2. The summed E-state index contributed by atoms with van der Waals surface area (Å²) in [5.41, 5.74) is 9.46. The molecule has 0 saturated carbocycles. The second kappa shape index (κ2) is 7.61. The van der Waals surface area contributed by atoms with E-state index >= 15 is 0 Å². The summed E-state index contributed by atoms with van der Waals surface area (Å²) in [4.78, 5) is 11.8. The van der Waals surface area contributed by atoms with Crippen molar-refractivity contribution in [2.24, 2.45) is 5.92 Å². The van der Waals surface area contributed by atoms with E-state index in [1.807, 2.05) is 12.1 Å². The van der Waals surface area contributed by atoms with Gasteiger partial charge in [0, 0.05) is 12.6 Å². The van der Waals surface area contributed by atoms with Crippen molar-refractivity contribution in [1.29, 1.82) is 0 Å². The minimum Gasteiger partial charge on any atom is -0.407 e. The third kappa shape index (κ3) is 4.16. The lowest BCUT2D eigenvalue weighted by Gasteiger charge is -2.10. The fourth-order valence-electron chi connectivity index (χ4n) is 2.90. The Labute approximate surface area is 157 Å². The predicted octanol–water partition coefficient (Wildman–Crippen LogP) is 4.38. The molecule has 27 heavy (non-hydrogen) atoms. The molecular weight excluding hydrogens is 345 g/mol. The van der Waals surface area contributed by atoms with Crippen molar-refractivity contribution in [3.8, 4) is 22.7 Å². The number of hydrogen-bond acceptors (Lipinski definition) is 4. The third-order valence-electron chi connectivity index (χ3n) is 4.03. The number of nitrogens with zero attached hydrogens (tertiary/aromatic N) is 2. The third-order valence-corrected chi connectivity index (χ3v) is 4.03. The Hall–Kier alpha value is -3.15. The molecule has 0 bridgehead atoms. The maximum absolute atomic E-state index is 13.3. The van der Waals surface area contributed by atoms with Gasteiger partial charge in [-0.25, -0.2) is 4.39 Å². The monoisotopic (exact) mass is 367 g/mol. The molecule has 2 aromatic carbocycles. The van der Waals surface area contributed by atoms with Gasteiger partial charge in [0.15, 0.2) is 0 Å². The lowest BCUT2D eigenvalue weighted by Crippen LogP contribution is -2.08. The number of esters is 1. The van der Waals surface area contributed by atoms with Gasteiger partial charge in [0.05, 0.1) is 16.9 Å². The molecule has 3 rings (SSSR count). The molecule has 1 aromatic heterocycles. The van der Waals surface area contributed by atoms with Crippen molar-refractivity contribution in [2.75, 3.05) is 5.73 Å². The molecule has 0 atom stereocenters. The summed E-state index contributed by atoms with van der Waals surface area (Å²) in [6.45, 7) is 5.53. The zero-order chi connectivity index (χ0) is 19.6. The Morgan fingerprint density at radius 3 is 2.33 bits per heavy atom. The number of anilines is 1. The molecule has 0 spiro atoms. The first kappa shape index (κ1) is 18.6. The highest BCUT2D eigenvalue weighted by atomic mass is 19.1. The summed E-state index contributed by atoms with van der Waals surface area (Å²) in [6, 6.07) is 13.2. The number of ether oxygens (including phenoxy) is 1. The van der Waals surface area contributed by atoms with E-state index in [0.29, 0.717) is 29.6 Å². The van der Waals surface area contributed by atoms with Crippen LogP contribution >= 0.6 is 0 Å². The lowest BCUT2D eigenvalue weighted by molar-refractivity contribution is -0.132. The first-order chi connectivity index (χ1) is 12.8. The Bertz CT molecular complexity index is 945. The van der Waals surface area contributed by atoms with E-state index in [1.165, 1.54) is 19.1 Å². The molecule has 6 heteroatoms. The highest BCUT2D eigenvalue weighted by molar-refractivity contribution is 5.78. The van der Waals surface area contributed by atoms with Gasteiger partial charge in [0.1, 0.15) is 5.82 Å². The Kier molecular flexibility index (Phi) is 5.26. The molecule has 0 radical (unpaired) electrons. The number of carbonyl (C=O) groups is 1. The summed E-state index contributed by atoms with van der Waals surface area (Å²) in [5.74, 6) is -0.138. The molecule has 5 nitrogen and oxygen atoms in total. The minimum atomic E-state index is -0.453. The van der Waals surface area contributed by atoms with Crippen molar-refractivity contribution < 1.29 is 13.9 Å². The predicted molar refractivity (Wildman–Crippen MR) is 103 cm³/mol. The minimum absolute atomic E-state index is 0.314. The van der Waals surface area contributed by atoms with E-state index in [2.05, 4.69) is 18.9 Å². The summed E-state index contributed by atoms with van der Waals surface area (Å²) < 4.78 is 20.4. The molecule has 0 aliphatic carbocycles. The Morgan fingerprint density at radius 2 is 1.78 bits per heavy atom. The molecule has 3 aromatic rings. The van der Waals surface area contributed by atoms with Gasteiger partial charge < -0.3 is 10.5 Å². The van der Waals surface area contributed by atoms with Crippen molar-refractivity contribution in [1.82, 2.24) is 9.78 Å². The Balaban J connectivity index is 2.25. The highest BCUT2D eigenvalue weighted by Gasteiger charge is 2.23. The fourth-order valence-corrected chi connectivity index (χ4v) is 2.90. The quantitative estimate of drug-likeness (QED) is 0.536. The van der Waals surface area contributed by atoms with Gasteiger partial charge >= 0.3 is 5.97 Å². The average molecular weight is 367 g/mol. The zero-order valence-corrected chi connectivity index (χ0v) is 15.6. The van der Waals surface area contributed by atoms with Gasteiger partial charge in [0.2, 0.25) is 5.88 Å². The van der Waals surface area contributed by atoms with Crippen molar-refractivity contribution in [3.63, 3.8) is 0 Å². The molecule has 0 saturated heterocycles. The standard InChI is InChI=1S/C21H22FN3O2/c1-13(2)12-19-20(15-4-8-17(23)9-5-15)21(27-14(3)26)25(24-19)18-10-6-16(22)7-11-18/h4-11,13H,12,23H2,1-3H3. The van der Waals surface area contributed by atoms with E-state index in [9.17, 15) is 9.18 Å². The second-order valence-corrected chi connectivity index (χ2v) is 6.83. The van der Waals surface area contributed by atoms with Crippen molar-refractivity contribution in [2.45, 2.75) is 27.2 Å². The average Bonchev–Trinajstić information content (AvgIpc) is 2.93. The molecule has 2 N–H and O–H groups in total. The van der Waals surface area contributed by atoms with E-state index in [-0.39, 0.29) is 5.82 Å². The van der Waals surface area contributed by atoms with Crippen LogP contribution in [0.2, 0.25) is 0 Å². The van der Waals surface area contributed by atoms with Gasteiger partial charge in [-0.15, -0.1) is 0 Å². The van der Waals surface area contributed by atoms with Crippen LogP contribution < -0.4 is 10.5 Å². The van der Waals surface area contributed by atoms with E-state index in [1.54, 1.807) is 28.9 Å². The SMILES string of the molecule is CC(=O)Oc1c(-c2ccc(N)cc2)c(CC(C)C)nn1-c1ccc(F)cc1. The van der Waals surface area contributed by atoms with Gasteiger partial charge in [-0.2, -0.15) is 9.78 Å². The Morgan fingerprint density at radius 1 is 1.15 bits per heavy atom. The second-order valence-electron chi connectivity index (χ2n) is 6.83. The number of hydrogen-bond donors (Lipinski definition) is 1. The van der Waals surface area contributed by atoms with Crippen LogP contribution in [0.5, 0.6) is 5.88 Å². The topological polar surface area (TPSA) is 70.1 Å². The maximum Gasteiger partial charge on any atom is 0.309 e. The van der Waals surface area contributed by atoms with Crippen LogP contribution in [0.3, 0.4) is 0 Å². The van der Waals surface area contributed by atoms with Crippen LogP contribution in [-0.2, 0) is 11.2 Å². The van der Waals surface area contributed by atoms with Crippen LogP contribution in [0, 0.1) is 11.7 Å². The first-order valence-electron chi connectivity index (χ1n) is 8.77. The highest BCUT2D eigenvalue weighted by Crippen LogP contribution is 2.37. The van der Waals surface area contributed by atoms with Gasteiger partial charge in [-0.1, -0.05) is 26.0 Å². The van der Waals surface area contributed by atoms with Gasteiger partial charge in [0.25, 0.3) is 0 Å². The van der Waals surface area contributed by atoms with E-state index < -0.39 is 5.97 Å². The van der Waals surface area contributed by atoms with Crippen LogP contribution in [0.15, 0.2) is 48.5 Å². The molecule has 0 aliphatic heterocycles. The summed E-state index contributed by atoms with van der Waals surface area (Å²) >= 11 is 0. The van der Waals surface area contributed by atoms with Crippen LogP contribution in [-0.4, -0.2) is 15.7 Å². The van der Waals surface area contributed by atoms with Gasteiger partial charge in [-0.05, 0) is 54.3 Å². The molecule has 0 aliphatic rings. The number of carbonyl (C=O) groups excluding carboxylic acids is 1. The summed E-state index contributed by atoms with van der Waals surface area (Å²) in [5, 5.41) is 4.69. The van der Waals surface area contributed by atoms with Crippen LogP contribution in [0.4, 0.5) is 10.1 Å². The zero-order valence-electron chi connectivity index (χ0n) is 15.6. The van der Waals surface area contributed by atoms with Crippen molar-refractivity contribution in [3.05, 3.63) is 60.0 Å². The normalized spacial score (nSPS) is 11.0. The first-order valence-corrected chi connectivity index (χ1v) is 8.77. The van der Waals surface area contributed by atoms with E-state index in [0.717, 1.165) is 16.8 Å². The smallest absolute Gasteiger partial charge is 0.309 e. The van der Waals surface area contributed by atoms with E-state index in [4.69, 9.17) is 10.5 Å². The van der Waals surface area contributed by atoms with Crippen molar-refractivity contribution >= 4 is 11.7 Å².